The molecule has 18 heavy (non-hydrogen) atoms. The van der Waals surface area contributed by atoms with E-state index in [4.69, 9.17) is 9.26 Å². The maximum Gasteiger partial charge on any atom is 0.343 e. The van der Waals surface area contributed by atoms with E-state index in [0.717, 1.165) is 24.3 Å². The largest absolute Gasteiger partial charge is 0.465 e. The van der Waals surface area contributed by atoms with Crippen molar-refractivity contribution in [3.63, 3.8) is 0 Å². The second-order valence-corrected chi connectivity index (χ2v) is 6.18. The van der Waals surface area contributed by atoms with Crippen LogP contribution in [-0.4, -0.2) is 18.2 Å². The van der Waals surface area contributed by atoms with Gasteiger partial charge in [-0.1, -0.05) is 5.16 Å². The number of hydrogen-bond donors (Lipinski definition) is 0. The maximum atomic E-state index is 11.9. The van der Waals surface area contributed by atoms with Crippen molar-refractivity contribution in [1.82, 2.24) is 5.16 Å². The van der Waals surface area contributed by atoms with Crippen LogP contribution >= 0.6 is 0 Å². The predicted molar refractivity (Wildman–Crippen MR) is 63.5 cm³/mol. The fraction of sp³-hybridized carbons (Fsp3) is 0.714. The highest BCUT2D eigenvalue weighted by atomic mass is 16.5. The first-order chi connectivity index (χ1) is 8.72. The SMILES string of the molecule is COC(=O)c1c(C2CC3(CC3)C2)noc1C1CC1. The monoisotopic (exact) mass is 247 g/mol. The zero-order valence-electron chi connectivity index (χ0n) is 10.6. The molecule has 1 spiro atoms. The first kappa shape index (κ1) is 10.6. The molecule has 1 aromatic rings. The fourth-order valence-corrected chi connectivity index (χ4v) is 3.29. The summed E-state index contributed by atoms with van der Waals surface area (Å²) in [7, 11) is 1.43. The standard InChI is InChI=1S/C14H17NO3/c1-17-13(16)10-11(9-6-14(7-9)4-5-14)15-18-12(10)8-2-3-8/h8-9H,2-7H2,1H3. The molecular weight excluding hydrogens is 230 g/mol. The lowest BCUT2D eigenvalue weighted by Crippen LogP contribution is -2.25. The minimum Gasteiger partial charge on any atom is -0.465 e. The van der Waals surface area contributed by atoms with Crippen LogP contribution in [0.25, 0.3) is 0 Å². The Hall–Kier alpha value is -1.32. The van der Waals surface area contributed by atoms with E-state index in [1.54, 1.807) is 0 Å². The van der Waals surface area contributed by atoms with Crippen molar-refractivity contribution in [2.75, 3.05) is 7.11 Å². The third kappa shape index (κ3) is 1.44. The first-order valence-electron chi connectivity index (χ1n) is 6.80. The second-order valence-electron chi connectivity index (χ2n) is 6.18. The number of esters is 1. The Morgan fingerprint density at radius 3 is 2.61 bits per heavy atom. The van der Waals surface area contributed by atoms with E-state index in [-0.39, 0.29) is 5.97 Å². The molecular formula is C14H17NO3. The molecule has 0 radical (unpaired) electrons. The van der Waals surface area contributed by atoms with E-state index < -0.39 is 0 Å². The fourth-order valence-electron chi connectivity index (χ4n) is 3.29. The highest BCUT2D eigenvalue weighted by Gasteiger charge is 2.55. The number of rotatable bonds is 3. The van der Waals surface area contributed by atoms with E-state index in [9.17, 15) is 4.79 Å². The third-order valence-corrected chi connectivity index (χ3v) is 4.79. The lowest BCUT2D eigenvalue weighted by Gasteiger charge is -2.34. The van der Waals surface area contributed by atoms with Crippen molar-refractivity contribution < 1.29 is 14.1 Å². The molecule has 1 aromatic heterocycles. The van der Waals surface area contributed by atoms with Gasteiger partial charge in [0.05, 0.1) is 7.11 Å². The van der Waals surface area contributed by atoms with Gasteiger partial charge < -0.3 is 9.26 Å². The number of carbonyl (C=O) groups is 1. The van der Waals surface area contributed by atoms with Gasteiger partial charge in [0.25, 0.3) is 0 Å². The molecule has 3 aliphatic rings. The van der Waals surface area contributed by atoms with Gasteiger partial charge in [0.15, 0.2) is 5.76 Å². The van der Waals surface area contributed by atoms with Crippen LogP contribution in [0.2, 0.25) is 0 Å². The summed E-state index contributed by atoms with van der Waals surface area (Å²) in [5, 5.41) is 4.19. The number of aromatic nitrogens is 1. The summed E-state index contributed by atoms with van der Waals surface area (Å²) in [6, 6.07) is 0. The molecule has 4 nitrogen and oxygen atoms in total. The van der Waals surface area contributed by atoms with E-state index >= 15 is 0 Å². The van der Waals surface area contributed by atoms with Gasteiger partial charge in [-0.3, -0.25) is 0 Å². The lowest BCUT2D eigenvalue weighted by molar-refractivity contribution is 0.0594. The molecule has 0 atom stereocenters. The van der Waals surface area contributed by atoms with Crippen LogP contribution in [-0.2, 0) is 4.74 Å². The number of hydrogen-bond acceptors (Lipinski definition) is 4. The van der Waals surface area contributed by atoms with Crippen LogP contribution in [0.15, 0.2) is 4.52 Å². The molecule has 4 rings (SSSR count). The van der Waals surface area contributed by atoms with Gasteiger partial charge in [-0.25, -0.2) is 4.79 Å². The van der Waals surface area contributed by atoms with Gasteiger partial charge in [0.1, 0.15) is 11.3 Å². The van der Waals surface area contributed by atoms with Crippen molar-refractivity contribution in [3.05, 3.63) is 17.0 Å². The van der Waals surface area contributed by atoms with Crippen molar-refractivity contribution in [3.8, 4) is 0 Å². The Morgan fingerprint density at radius 1 is 1.33 bits per heavy atom. The summed E-state index contributed by atoms with van der Waals surface area (Å²) in [5.74, 6) is 1.31. The average molecular weight is 247 g/mol. The Kier molecular flexibility index (Phi) is 1.98. The first-order valence-corrected chi connectivity index (χ1v) is 6.80. The lowest BCUT2D eigenvalue weighted by atomic mass is 9.69. The zero-order chi connectivity index (χ0) is 12.3. The minimum atomic E-state index is -0.273. The average Bonchev–Trinajstić information content (AvgIpc) is 3.23. The van der Waals surface area contributed by atoms with Crippen molar-refractivity contribution in [1.29, 1.82) is 0 Å². The highest BCUT2D eigenvalue weighted by Crippen LogP contribution is 2.66. The molecule has 3 fully saturated rings. The van der Waals surface area contributed by atoms with Crippen LogP contribution in [0.3, 0.4) is 0 Å². The summed E-state index contributed by atoms with van der Waals surface area (Å²) >= 11 is 0. The van der Waals surface area contributed by atoms with Crippen LogP contribution in [0.4, 0.5) is 0 Å². The molecule has 96 valence electrons. The summed E-state index contributed by atoms with van der Waals surface area (Å²) in [6.45, 7) is 0. The van der Waals surface area contributed by atoms with Crippen molar-refractivity contribution in [2.24, 2.45) is 5.41 Å². The summed E-state index contributed by atoms with van der Waals surface area (Å²) in [6.07, 6.45) is 7.26. The van der Waals surface area contributed by atoms with Crippen LogP contribution in [0.5, 0.6) is 0 Å². The van der Waals surface area contributed by atoms with E-state index in [2.05, 4.69) is 5.16 Å². The highest BCUT2D eigenvalue weighted by molar-refractivity contribution is 5.92. The predicted octanol–water partition coefficient (Wildman–Crippen LogP) is 3.00. The van der Waals surface area contributed by atoms with Crippen LogP contribution in [0, 0.1) is 5.41 Å². The Balaban J connectivity index is 1.66. The molecule has 1 heterocycles. The number of ether oxygens (including phenoxy) is 1. The van der Waals surface area contributed by atoms with Crippen LogP contribution < -0.4 is 0 Å². The smallest absolute Gasteiger partial charge is 0.343 e. The van der Waals surface area contributed by atoms with Crippen molar-refractivity contribution in [2.45, 2.75) is 50.4 Å². The molecule has 3 saturated carbocycles. The summed E-state index contributed by atoms with van der Waals surface area (Å²) in [4.78, 5) is 11.9. The van der Waals surface area contributed by atoms with E-state index in [1.807, 2.05) is 0 Å². The minimum absolute atomic E-state index is 0.273. The molecule has 0 N–H and O–H groups in total. The molecule has 0 bridgehead atoms. The zero-order valence-corrected chi connectivity index (χ0v) is 10.6. The van der Waals surface area contributed by atoms with E-state index in [1.165, 1.54) is 32.8 Å². The Morgan fingerprint density at radius 2 is 2.06 bits per heavy atom. The summed E-state index contributed by atoms with van der Waals surface area (Å²) < 4.78 is 10.3. The number of methoxy groups -OCH3 is 1. The molecule has 0 aliphatic heterocycles. The van der Waals surface area contributed by atoms with Gasteiger partial charge >= 0.3 is 5.97 Å². The molecule has 0 unspecified atom stereocenters. The summed E-state index contributed by atoms with van der Waals surface area (Å²) in [5.41, 5.74) is 2.11. The quantitative estimate of drug-likeness (QED) is 0.770. The molecule has 0 amide bonds. The van der Waals surface area contributed by atoms with Gasteiger partial charge in [-0.2, -0.15) is 0 Å². The maximum absolute atomic E-state index is 11.9. The topological polar surface area (TPSA) is 52.3 Å². The normalized spacial score (nSPS) is 24.9. The number of nitrogens with zero attached hydrogens (tertiary/aromatic N) is 1. The third-order valence-electron chi connectivity index (χ3n) is 4.79. The molecule has 0 saturated heterocycles. The van der Waals surface area contributed by atoms with Gasteiger partial charge in [-0.15, -0.1) is 0 Å². The Labute approximate surface area is 106 Å². The van der Waals surface area contributed by atoms with Crippen LogP contribution in [0.1, 0.15) is 72.2 Å². The Bertz CT molecular complexity index is 503. The second kappa shape index (κ2) is 3.37. The molecule has 3 aliphatic carbocycles. The van der Waals surface area contributed by atoms with Crippen molar-refractivity contribution >= 4 is 5.97 Å². The van der Waals surface area contributed by atoms with Gasteiger partial charge in [0, 0.05) is 11.8 Å². The van der Waals surface area contributed by atoms with Gasteiger partial charge in [0.2, 0.25) is 0 Å². The molecule has 0 aromatic carbocycles. The number of carbonyl (C=O) groups excluding carboxylic acids is 1. The molecule has 4 heteroatoms. The van der Waals surface area contributed by atoms with E-state index in [0.29, 0.717) is 22.8 Å². The van der Waals surface area contributed by atoms with Gasteiger partial charge in [-0.05, 0) is 43.9 Å².